The van der Waals surface area contributed by atoms with E-state index in [9.17, 15) is 0 Å². The fraction of sp³-hybridized carbons (Fsp3) is 0.500. The molecular formula is C22H31NO3. The van der Waals surface area contributed by atoms with E-state index in [-0.39, 0.29) is 6.10 Å². The van der Waals surface area contributed by atoms with Crippen molar-refractivity contribution in [3.63, 3.8) is 0 Å². The molecular weight excluding hydrogens is 326 g/mol. The molecule has 0 bridgehead atoms. The number of nitrogens with zero attached hydrogens (tertiary/aromatic N) is 1. The summed E-state index contributed by atoms with van der Waals surface area (Å²) in [7, 11) is 0. The lowest BCUT2D eigenvalue weighted by atomic mass is 10.1. The summed E-state index contributed by atoms with van der Waals surface area (Å²) in [6.45, 7) is 13.5. The number of aromatic nitrogens is 1. The minimum Gasteiger partial charge on any atom is -0.494 e. The molecule has 0 aliphatic carbocycles. The maximum atomic E-state index is 6.11. The van der Waals surface area contributed by atoms with Crippen molar-refractivity contribution in [2.24, 2.45) is 0 Å². The Hall–Kier alpha value is -2.23. The molecule has 1 atom stereocenters. The van der Waals surface area contributed by atoms with Crippen molar-refractivity contribution in [1.82, 2.24) is 4.98 Å². The largest absolute Gasteiger partial charge is 0.494 e. The zero-order valence-corrected chi connectivity index (χ0v) is 16.9. The van der Waals surface area contributed by atoms with Gasteiger partial charge in [-0.25, -0.2) is 4.98 Å². The lowest BCUT2D eigenvalue weighted by Crippen LogP contribution is -2.20. The summed E-state index contributed by atoms with van der Waals surface area (Å²) in [5.41, 5.74) is 4.22. The van der Waals surface area contributed by atoms with E-state index in [0.717, 1.165) is 52.6 Å². The van der Waals surface area contributed by atoms with Gasteiger partial charge in [0.2, 0.25) is 5.88 Å². The molecule has 0 amide bonds. The van der Waals surface area contributed by atoms with Crippen LogP contribution in [0.15, 0.2) is 24.3 Å². The number of ether oxygens (including phenoxy) is 3. The van der Waals surface area contributed by atoms with Crippen molar-refractivity contribution >= 4 is 0 Å². The van der Waals surface area contributed by atoms with Crippen molar-refractivity contribution in [3.8, 4) is 17.4 Å². The van der Waals surface area contributed by atoms with Crippen LogP contribution < -0.4 is 14.2 Å². The summed E-state index contributed by atoms with van der Waals surface area (Å²) in [4.78, 5) is 4.51. The predicted molar refractivity (Wildman–Crippen MR) is 106 cm³/mol. The molecule has 2 rings (SSSR count). The highest BCUT2D eigenvalue weighted by molar-refractivity contribution is 5.46. The highest BCUT2D eigenvalue weighted by Crippen LogP contribution is 2.29. The van der Waals surface area contributed by atoms with Crippen molar-refractivity contribution in [1.29, 1.82) is 0 Å². The van der Waals surface area contributed by atoms with E-state index >= 15 is 0 Å². The number of pyridine rings is 1. The molecule has 1 unspecified atom stereocenters. The van der Waals surface area contributed by atoms with Crippen LogP contribution in [0, 0.1) is 27.7 Å². The van der Waals surface area contributed by atoms with Crippen molar-refractivity contribution in [2.75, 3.05) is 13.2 Å². The van der Waals surface area contributed by atoms with E-state index in [1.54, 1.807) is 0 Å². The third kappa shape index (κ3) is 5.38. The first-order valence-corrected chi connectivity index (χ1v) is 9.42. The molecule has 142 valence electrons. The molecule has 4 nitrogen and oxygen atoms in total. The zero-order valence-electron chi connectivity index (χ0n) is 16.9. The predicted octanol–water partition coefficient (Wildman–Crippen LogP) is 5.34. The molecule has 0 aliphatic rings. The second kappa shape index (κ2) is 9.46. The first-order valence-electron chi connectivity index (χ1n) is 9.42. The molecule has 0 radical (unpaired) electrons. The molecule has 0 N–H and O–H groups in total. The molecule has 1 heterocycles. The maximum Gasteiger partial charge on any atom is 0.216 e. The standard InChI is InChI=1S/C22H31NO3/c1-7-19(26-22-15(3)9-10-18(6)23-22)11-12-25-21-16(4)13-20(24-8-2)14-17(21)5/h9-10,13-14,19H,7-8,11-12H2,1-6H3. The van der Waals surface area contributed by atoms with Crippen LogP contribution in [-0.4, -0.2) is 24.3 Å². The molecule has 1 aromatic heterocycles. The molecule has 0 fully saturated rings. The van der Waals surface area contributed by atoms with E-state index < -0.39 is 0 Å². The number of benzene rings is 1. The van der Waals surface area contributed by atoms with Gasteiger partial charge in [0.25, 0.3) is 0 Å². The lowest BCUT2D eigenvalue weighted by Gasteiger charge is -2.20. The van der Waals surface area contributed by atoms with Crippen LogP contribution in [0.3, 0.4) is 0 Å². The van der Waals surface area contributed by atoms with Crippen LogP contribution in [0.5, 0.6) is 17.4 Å². The Labute approximate surface area is 157 Å². The molecule has 0 saturated carbocycles. The normalized spacial score (nSPS) is 11.9. The van der Waals surface area contributed by atoms with Gasteiger partial charge in [-0.3, -0.25) is 0 Å². The van der Waals surface area contributed by atoms with Gasteiger partial charge >= 0.3 is 0 Å². The monoisotopic (exact) mass is 357 g/mol. The van der Waals surface area contributed by atoms with Crippen LogP contribution in [0.4, 0.5) is 0 Å². The first kappa shape index (κ1) is 20.1. The SMILES string of the molecule is CCOc1cc(C)c(OCCC(CC)Oc2nc(C)ccc2C)c(C)c1. The molecule has 2 aromatic rings. The number of hydrogen-bond donors (Lipinski definition) is 0. The van der Waals surface area contributed by atoms with Crippen LogP contribution in [0.25, 0.3) is 0 Å². The second-order valence-corrected chi connectivity index (χ2v) is 6.68. The number of rotatable bonds is 9. The summed E-state index contributed by atoms with van der Waals surface area (Å²) in [5, 5.41) is 0. The van der Waals surface area contributed by atoms with Gasteiger partial charge in [-0.15, -0.1) is 0 Å². The molecule has 26 heavy (non-hydrogen) atoms. The quantitative estimate of drug-likeness (QED) is 0.607. The molecule has 0 saturated heterocycles. The Balaban J connectivity index is 1.96. The molecule has 4 heteroatoms. The highest BCUT2D eigenvalue weighted by Gasteiger charge is 2.13. The first-order chi connectivity index (χ1) is 12.4. The van der Waals surface area contributed by atoms with Gasteiger partial charge in [-0.1, -0.05) is 13.0 Å². The fourth-order valence-corrected chi connectivity index (χ4v) is 2.91. The van der Waals surface area contributed by atoms with Gasteiger partial charge < -0.3 is 14.2 Å². The van der Waals surface area contributed by atoms with E-state index in [4.69, 9.17) is 14.2 Å². The Bertz CT molecular complexity index is 704. The average Bonchev–Trinajstić information content (AvgIpc) is 2.59. The van der Waals surface area contributed by atoms with Crippen molar-refractivity contribution in [3.05, 3.63) is 46.6 Å². The van der Waals surface area contributed by atoms with Crippen LogP contribution >= 0.6 is 0 Å². The molecule has 1 aromatic carbocycles. The topological polar surface area (TPSA) is 40.6 Å². The summed E-state index contributed by atoms with van der Waals surface area (Å²) < 4.78 is 17.8. The van der Waals surface area contributed by atoms with Crippen LogP contribution in [0.2, 0.25) is 0 Å². The lowest BCUT2D eigenvalue weighted by molar-refractivity contribution is 0.150. The van der Waals surface area contributed by atoms with Crippen molar-refractivity contribution in [2.45, 2.75) is 60.5 Å². The number of hydrogen-bond acceptors (Lipinski definition) is 4. The average molecular weight is 357 g/mol. The Morgan fingerprint density at radius 1 is 0.923 bits per heavy atom. The third-order valence-corrected chi connectivity index (χ3v) is 4.35. The smallest absolute Gasteiger partial charge is 0.216 e. The van der Waals surface area contributed by atoms with E-state index in [1.165, 1.54) is 0 Å². The summed E-state index contributed by atoms with van der Waals surface area (Å²) >= 11 is 0. The van der Waals surface area contributed by atoms with Gasteiger partial charge in [-0.05, 0) is 70.4 Å². The summed E-state index contributed by atoms with van der Waals surface area (Å²) in [5.74, 6) is 2.56. The maximum absolute atomic E-state index is 6.11. The summed E-state index contributed by atoms with van der Waals surface area (Å²) in [6, 6.07) is 8.11. The third-order valence-electron chi connectivity index (χ3n) is 4.35. The van der Waals surface area contributed by atoms with Gasteiger partial charge in [0.1, 0.15) is 17.6 Å². The minimum absolute atomic E-state index is 0.0892. The fourth-order valence-electron chi connectivity index (χ4n) is 2.91. The van der Waals surface area contributed by atoms with E-state index in [1.807, 2.05) is 45.0 Å². The Kier molecular flexibility index (Phi) is 7.31. The molecule has 0 aliphatic heterocycles. The minimum atomic E-state index is 0.0892. The van der Waals surface area contributed by atoms with Crippen LogP contribution in [0.1, 0.15) is 49.1 Å². The zero-order chi connectivity index (χ0) is 19.1. The van der Waals surface area contributed by atoms with Crippen molar-refractivity contribution < 1.29 is 14.2 Å². The van der Waals surface area contributed by atoms with Gasteiger partial charge in [0.05, 0.1) is 13.2 Å². The number of aryl methyl sites for hydroxylation is 4. The van der Waals surface area contributed by atoms with Gasteiger partial charge in [-0.2, -0.15) is 0 Å². The Morgan fingerprint density at radius 2 is 1.62 bits per heavy atom. The summed E-state index contributed by atoms with van der Waals surface area (Å²) in [6.07, 6.45) is 1.82. The second-order valence-electron chi connectivity index (χ2n) is 6.68. The van der Waals surface area contributed by atoms with Gasteiger partial charge in [0.15, 0.2) is 0 Å². The van der Waals surface area contributed by atoms with E-state index in [2.05, 4.69) is 25.8 Å². The van der Waals surface area contributed by atoms with Crippen LogP contribution in [-0.2, 0) is 0 Å². The Morgan fingerprint density at radius 3 is 2.23 bits per heavy atom. The van der Waals surface area contributed by atoms with Gasteiger partial charge in [0, 0.05) is 17.7 Å². The van der Waals surface area contributed by atoms with E-state index in [0.29, 0.717) is 13.2 Å². The molecule has 0 spiro atoms. The highest BCUT2D eigenvalue weighted by atomic mass is 16.5.